The molecular weight excluding hydrogens is 274 g/mol. The summed E-state index contributed by atoms with van der Waals surface area (Å²) in [6.07, 6.45) is 0. The normalized spacial score (nSPS) is 10.4. The molecule has 0 spiro atoms. The lowest BCUT2D eigenvalue weighted by molar-refractivity contribution is 0.355. The van der Waals surface area contributed by atoms with Crippen LogP contribution < -0.4 is 15.2 Å². The van der Waals surface area contributed by atoms with Gasteiger partial charge in [-0.15, -0.1) is 0 Å². The van der Waals surface area contributed by atoms with E-state index in [9.17, 15) is 0 Å². The highest BCUT2D eigenvalue weighted by Gasteiger charge is 2.15. The minimum atomic E-state index is 0.437. The van der Waals surface area contributed by atoms with E-state index in [0.717, 1.165) is 22.3 Å². The van der Waals surface area contributed by atoms with Crippen molar-refractivity contribution in [3.63, 3.8) is 0 Å². The summed E-state index contributed by atoms with van der Waals surface area (Å²) in [5, 5.41) is 0.685. The highest BCUT2D eigenvalue weighted by atomic mass is 35.5. The molecule has 0 aliphatic heterocycles. The molecule has 2 aromatic carbocycles. The fourth-order valence-corrected chi connectivity index (χ4v) is 2.40. The Morgan fingerprint density at radius 1 is 1.05 bits per heavy atom. The van der Waals surface area contributed by atoms with Gasteiger partial charge in [0.05, 0.1) is 14.2 Å². The molecule has 2 rings (SSSR count). The van der Waals surface area contributed by atoms with Gasteiger partial charge >= 0.3 is 0 Å². The minimum Gasteiger partial charge on any atom is -0.493 e. The van der Waals surface area contributed by atoms with Crippen molar-refractivity contribution in [1.29, 1.82) is 0 Å². The maximum atomic E-state index is 6.11. The molecule has 0 amide bonds. The first kappa shape index (κ1) is 14.7. The average Bonchev–Trinajstić information content (AvgIpc) is 2.48. The second-order valence-electron chi connectivity index (χ2n) is 4.54. The molecule has 2 aromatic rings. The van der Waals surface area contributed by atoms with Gasteiger partial charge in [0.2, 0.25) is 0 Å². The quantitative estimate of drug-likeness (QED) is 0.932. The molecule has 106 valence electrons. The Kier molecular flexibility index (Phi) is 4.53. The zero-order chi connectivity index (χ0) is 14.7. The van der Waals surface area contributed by atoms with Crippen molar-refractivity contribution in [3.05, 3.63) is 46.5 Å². The second-order valence-corrected chi connectivity index (χ2v) is 4.98. The van der Waals surface area contributed by atoms with Gasteiger partial charge in [0.25, 0.3) is 0 Å². The van der Waals surface area contributed by atoms with Crippen molar-refractivity contribution < 1.29 is 9.47 Å². The van der Waals surface area contributed by atoms with Crippen molar-refractivity contribution in [2.75, 3.05) is 14.2 Å². The highest BCUT2D eigenvalue weighted by molar-refractivity contribution is 6.30. The minimum absolute atomic E-state index is 0.437. The van der Waals surface area contributed by atoms with E-state index in [-0.39, 0.29) is 0 Å². The summed E-state index contributed by atoms with van der Waals surface area (Å²) in [5.74, 6) is 1.36. The highest BCUT2D eigenvalue weighted by Crippen LogP contribution is 2.41. The van der Waals surface area contributed by atoms with Crippen molar-refractivity contribution in [1.82, 2.24) is 0 Å². The Morgan fingerprint density at radius 3 is 2.40 bits per heavy atom. The first-order chi connectivity index (χ1) is 9.60. The van der Waals surface area contributed by atoms with Gasteiger partial charge in [0, 0.05) is 17.1 Å². The molecule has 0 saturated heterocycles. The fourth-order valence-electron chi connectivity index (χ4n) is 2.22. The summed E-state index contributed by atoms with van der Waals surface area (Å²) < 4.78 is 10.9. The van der Waals surface area contributed by atoms with Crippen LogP contribution >= 0.6 is 11.6 Å². The number of hydrogen-bond donors (Lipinski definition) is 1. The number of ether oxygens (including phenoxy) is 2. The van der Waals surface area contributed by atoms with Crippen LogP contribution in [-0.4, -0.2) is 14.2 Å². The number of aryl methyl sites for hydroxylation is 1. The van der Waals surface area contributed by atoms with E-state index in [0.29, 0.717) is 23.1 Å². The number of hydrogen-bond acceptors (Lipinski definition) is 3. The van der Waals surface area contributed by atoms with Crippen LogP contribution in [0.25, 0.3) is 11.1 Å². The molecule has 0 atom stereocenters. The Hall–Kier alpha value is -1.71. The zero-order valence-corrected chi connectivity index (χ0v) is 12.6. The summed E-state index contributed by atoms with van der Waals surface area (Å²) in [4.78, 5) is 0. The number of rotatable bonds is 4. The molecule has 0 fully saturated rings. The van der Waals surface area contributed by atoms with Gasteiger partial charge in [0.1, 0.15) is 0 Å². The Labute approximate surface area is 124 Å². The Balaban J connectivity index is 2.74. The molecular formula is C16H18ClNO2. The van der Waals surface area contributed by atoms with Crippen LogP contribution in [0.1, 0.15) is 11.1 Å². The van der Waals surface area contributed by atoms with Crippen molar-refractivity contribution in [2.24, 2.45) is 5.73 Å². The van der Waals surface area contributed by atoms with E-state index in [2.05, 4.69) is 0 Å². The molecule has 0 aliphatic rings. The van der Waals surface area contributed by atoms with E-state index < -0.39 is 0 Å². The third-order valence-electron chi connectivity index (χ3n) is 3.26. The molecule has 3 nitrogen and oxygen atoms in total. The van der Waals surface area contributed by atoms with Crippen LogP contribution in [0.15, 0.2) is 30.3 Å². The van der Waals surface area contributed by atoms with Gasteiger partial charge in [-0.3, -0.25) is 0 Å². The maximum absolute atomic E-state index is 6.11. The van der Waals surface area contributed by atoms with Gasteiger partial charge in [-0.2, -0.15) is 0 Å². The first-order valence-corrected chi connectivity index (χ1v) is 6.70. The number of halogens is 1. The van der Waals surface area contributed by atoms with Crippen LogP contribution in [0.3, 0.4) is 0 Å². The predicted molar refractivity (Wildman–Crippen MR) is 82.6 cm³/mol. The van der Waals surface area contributed by atoms with Crippen LogP contribution in [0, 0.1) is 6.92 Å². The van der Waals surface area contributed by atoms with Gasteiger partial charge in [-0.1, -0.05) is 17.7 Å². The third-order valence-corrected chi connectivity index (χ3v) is 3.50. The van der Waals surface area contributed by atoms with E-state index in [1.54, 1.807) is 14.2 Å². The SMILES string of the molecule is COc1cc(CN)cc(-c2cc(Cl)ccc2C)c1OC. The van der Waals surface area contributed by atoms with E-state index in [4.69, 9.17) is 26.8 Å². The predicted octanol–water partition coefficient (Wildman–Crippen LogP) is 3.79. The van der Waals surface area contributed by atoms with Crippen molar-refractivity contribution in [3.8, 4) is 22.6 Å². The number of benzene rings is 2. The molecule has 0 saturated carbocycles. The largest absolute Gasteiger partial charge is 0.493 e. The summed E-state index contributed by atoms with van der Waals surface area (Å²) in [5.41, 5.74) is 9.81. The fraction of sp³-hybridized carbons (Fsp3) is 0.250. The molecule has 4 heteroatoms. The first-order valence-electron chi connectivity index (χ1n) is 6.32. The van der Waals surface area contributed by atoms with Crippen LogP contribution in [0.4, 0.5) is 0 Å². The summed E-state index contributed by atoms with van der Waals surface area (Å²) >= 11 is 6.11. The second kappa shape index (κ2) is 6.16. The number of methoxy groups -OCH3 is 2. The van der Waals surface area contributed by atoms with Crippen molar-refractivity contribution in [2.45, 2.75) is 13.5 Å². The van der Waals surface area contributed by atoms with E-state index >= 15 is 0 Å². The number of nitrogens with two attached hydrogens (primary N) is 1. The zero-order valence-electron chi connectivity index (χ0n) is 11.9. The Morgan fingerprint density at radius 2 is 1.80 bits per heavy atom. The van der Waals surface area contributed by atoms with Gasteiger partial charge in [0.15, 0.2) is 11.5 Å². The Bertz CT molecular complexity index is 626. The summed E-state index contributed by atoms with van der Waals surface area (Å²) in [7, 11) is 3.25. The van der Waals surface area contributed by atoms with Crippen LogP contribution in [0.2, 0.25) is 5.02 Å². The summed E-state index contributed by atoms with van der Waals surface area (Å²) in [6.45, 7) is 2.47. The molecule has 0 aliphatic carbocycles. The van der Waals surface area contributed by atoms with Crippen LogP contribution in [0.5, 0.6) is 11.5 Å². The maximum Gasteiger partial charge on any atom is 0.168 e. The van der Waals surface area contributed by atoms with E-state index in [1.807, 2.05) is 37.3 Å². The molecule has 20 heavy (non-hydrogen) atoms. The van der Waals surface area contributed by atoms with Gasteiger partial charge < -0.3 is 15.2 Å². The van der Waals surface area contributed by atoms with Crippen molar-refractivity contribution >= 4 is 11.6 Å². The molecule has 0 aromatic heterocycles. The van der Waals surface area contributed by atoms with Crippen LogP contribution in [-0.2, 0) is 6.54 Å². The van der Waals surface area contributed by atoms with E-state index in [1.165, 1.54) is 0 Å². The topological polar surface area (TPSA) is 44.5 Å². The lowest BCUT2D eigenvalue weighted by Crippen LogP contribution is -2.01. The monoisotopic (exact) mass is 291 g/mol. The standard InChI is InChI=1S/C16H18ClNO2/c1-10-4-5-12(17)8-13(10)14-6-11(9-18)7-15(19-2)16(14)20-3/h4-8H,9,18H2,1-3H3. The molecule has 2 N–H and O–H groups in total. The molecule has 0 unspecified atom stereocenters. The lowest BCUT2D eigenvalue weighted by atomic mass is 9.97. The van der Waals surface area contributed by atoms with Gasteiger partial charge in [-0.05, 0) is 47.9 Å². The molecule has 0 heterocycles. The molecule has 0 bridgehead atoms. The smallest absolute Gasteiger partial charge is 0.168 e. The average molecular weight is 292 g/mol. The molecule has 0 radical (unpaired) electrons. The summed E-state index contributed by atoms with van der Waals surface area (Å²) in [6, 6.07) is 9.69. The third kappa shape index (κ3) is 2.74. The van der Waals surface area contributed by atoms with Gasteiger partial charge in [-0.25, -0.2) is 0 Å². The lowest BCUT2D eigenvalue weighted by Gasteiger charge is -2.16.